The lowest BCUT2D eigenvalue weighted by Crippen LogP contribution is -2.16. The van der Waals surface area contributed by atoms with Crippen molar-refractivity contribution in [2.75, 3.05) is 0 Å². The van der Waals surface area contributed by atoms with Crippen molar-refractivity contribution in [3.05, 3.63) is 24.8 Å². The number of carbonyl (C=O) groups is 1. The van der Waals surface area contributed by atoms with Crippen LogP contribution in [0.2, 0.25) is 0 Å². The highest BCUT2D eigenvalue weighted by molar-refractivity contribution is 5.86. The van der Waals surface area contributed by atoms with Crippen LogP contribution >= 0.6 is 0 Å². The first-order valence-corrected chi connectivity index (χ1v) is 4.04. The molecule has 0 saturated carbocycles. The minimum absolute atomic E-state index is 0.299. The molecule has 0 spiro atoms. The van der Waals surface area contributed by atoms with Crippen LogP contribution in [0.1, 0.15) is 20.3 Å². The molecule has 0 heterocycles. The van der Waals surface area contributed by atoms with E-state index in [1.54, 1.807) is 13.0 Å². The molecule has 78 valence electrons. The van der Waals surface area contributed by atoms with Gasteiger partial charge in [-0.25, -0.2) is 4.79 Å². The third-order valence-electron chi connectivity index (χ3n) is 1.03. The molecule has 0 amide bonds. The van der Waals surface area contributed by atoms with E-state index in [2.05, 4.69) is 17.9 Å². The molecule has 0 aliphatic heterocycles. The number of nitriles is 1. The Hall–Kier alpha value is -1.60. The van der Waals surface area contributed by atoms with Crippen molar-refractivity contribution in [1.29, 1.82) is 5.26 Å². The molecule has 0 aromatic heterocycles. The standard InChI is InChI=1S/C7H12O3.C3H3N/c1-4-6(8)10-7(9)5(2)3;1-2-3-4/h6,8H,2,4H2,1,3H3;2H,1H2. The summed E-state index contributed by atoms with van der Waals surface area (Å²) in [7, 11) is 0. The predicted molar refractivity (Wildman–Crippen MR) is 53.0 cm³/mol. The zero-order valence-corrected chi connectivity index (χ0v) is 8.49. The van der Waals surface area contributed by atoms with E-state index in [4.69, 9.17) is 10.4 Å². The monoisotopic (exact) mass is 197 g/mol. The Morgan fingerprint density at radius 3 is 2.43 bits per heavy atom. The van der Waals surface area contributed by atoms with E-state index in [0.29, 0.717) is 12.0 Å². The summed E-state index contributed by atoms with van der Waals surface area (Å²) in [5.74, 6) is -0.547. The van der Waals surface area contributed by atoms with Gasteiger partial charge in [0.15, 0.2) is 0 Å². The summed E-state index contributed by atoms with van der Waals surface area (Å²) in [5.41, 5.74) is 0.299. The normalized spacial score (nSPS) is 9.86. The van der Waals surface area contributed by atoms with E-state index in [1.807, 2.05) is 0 Å². The fourth-order valence-electron chi connectivity index (χ4n) is 0.307. The number of esters is 1. The molecule has 1 unspecified atom stereocenters. The van der Waals surface area contributed by atoms with Gasteiger partial charge in [-0.2, -0.15) is 5.26 Å². The quantitative estimate of drug-likeness (QED) is 0.322. The Labute approximate surface area is 84.1 Å². The number of allylic oxidation sites excluding steroid dienone is 1. The Morgan fingerprint density at radius 2 is 2.21 bits per heavy atom. The first kappa shape index (κ1) is 14.9. The highest BCUT2D eigenvalue weighted by Crippen LogP contribution is 1.98. The summed E-state index contributed by atoms with van der Waals surface area (Å²) in [6.45, 7) is 9.73. The summed E-state index contributed by atoms with van der Waals surface area (Å²) >= 11 is 0. The van der Waals surface area contributed by atoms with Crippen molar-refractivity contribution < 1.29 is 14.6 Å². The maximum atomic E-state index is 10.6. The molecule has 0 saturated heterocycles. The molecular formula is C10H15NO3. The van der Waals surface area contributed by atoms with Crippen LogP contribution in [0.15, 0.2) is 24.8 Å². The molecule has 0 aromatic carbocycles. The molecule has 0 rings (SSSR count). The minimum atomic E-state index is -0.996. The Balaban J connectivity index is 0. The van der Waals surface area contributed by atoms with Crippen LogP contribution in [0.25, 0.3) is 0 Å². The largest absolute Gasteiger partial charge is 0.433 e. The van der Waals surface area contributed by atoms with Gasteiger partial charge in [0.1, 0.15) is 0 Å². The van der Waals surface area contributed by atoms with Crippen LogP contribution in [0.3, 0.4) is 0 Å². The smallest absolute Gasteiger partial charge is 0.335 e. The lowest BCUT2D eigenvalue weighted by Gasteiger charge is -2.08. The van der Waals surface area contributed by atoms with E-state index >= 15 is 0 Å². The van der Waals surface area contributed by atoms with E-state index in [9.17, 15) is 4.79 Å². The van der Waals surface area contributed by atoms with Crippen molar-refractivity contribution in [3.8, 4) is 6.07 Å². The van der Waals surface area contributed by atoms with Gasteiger partial charge in [-0.1, -0.05) is 20.1 Å². The van der Waals surface area contributed by atoms with Gasteiger partial charge in [-0.15, -0.1) is 0 Å². The van der Waals surface area contributed by atoms with Gasteiger partial charge in [0, 0.05) is 18.1 Å². The van der Waals surface area contributed by atoms with E-state index in [1.165, 1.54) is 13.0 Å². The molecule has 4 nitrogen and oxygen atoms in total. The maximum absolute atomic E-state index is 10.6. The van der Waals surface area contributed by atoms with Crippen LogP contribution < -0.4 is 0 Å². The van der Waals surface area contributed by atoms with Gasteiger partial charge in [-0.05, 0) is 6.92 Å². The molecule has 0 radical (unpaired) electrons. The van der Waals surface area contributed by atoms with Crippen LogP contribution in [-0.4, -0.2) is 17.4 Å². The average molecular weight is 197 g/mol. The zero-order valence-electron chi connectivity index (χ0n) is 8.49. The van der Waals surface area contributed by atoms with E-state index in [0.717, 1.165) is 0 Å². The van der Waals surface area contributed by atoms with E-state index < -0.39 is 12.3 Å². The number of aliphatic hydroxyl groups excluding tert-OH is 1. The molecule has 1 atom stereocenters. The zero-order chi connectivity index (χ0) is 11.6. The molecule has 0 fully saturated rings. The second kappa shape index (κ2) is 9.49. The molecule has 0 aliphatic carbocycles. The van der Waals surface area contributed by atoms with Crippen LogP contribution in [0.4, 0.5) is 0 Å². The Bertz CT molecular complexity index is 240. The van der Waals surface area contributed by atoms with Gasteiger partial charge in [0.2, 0.25) is 6.29 Å². The summed E-state index contributed by atoms with van der Waals surface area (Å²) < 4.78 is 4.48. The van der Waals surface area contributed by atoms with Crippen molar-refractivity contribution in [2.45, 2.75) is 26.6 Å². The van der Waals surface area contributed by atoms with Crippen LogP contribution in [-0.2, 0) is 9.53 Å². The Kier molecular flexibility index (Phi) is 10.1. The number of hydrogen-bond acceptors (Lipinski definition) is 4. The number of carbonyl (C=O) groups excluding carboxylic acids is 1. The van der Waals surface area contributed by atoms with Crippen LogP contribution in [0.5, 0.6) is 0 Å². The third kappa shape index (κ3) is 10.4. The lowest BCUT2D eigenvalue weighted by molar-refractivity contribution is -0.162. The van der Waals surface area contributed by atoms with Crippen molar-refractivity contribution in [1.82, 2.24) is 0 Å². The molecular weight excluding hydrogens is 182 g/mol. The van der Waals surface area contributed by atoms with Gasteiger partial charge in [0.25, 0.3) is 0 Å². The highest BCUT2D eigenvalue weighted by Gasteiger charge is 2.07. The molecule has 0 aromatic rings. The lowest BCUT2D eigenvalue weighted by atomic mass is 10.3. The topological polar surface area (TPSA) is 70.3 Å². The predicted octanol–water partition coefficient (Wildman–Crippen LogP) is 1.53. The minimum Gasteiger partial charge on any atom is -0.433 e. The maximum Gasteiger partial charge on any atom is 0.335 e. The Morgan fingerprint density at radius 1 is 1.79 bits per heavy atom. The number of hydrogen-bond donors (Lipinski definition) is 1. The fraction of sp³-hybridized carbons (Fsp3) is 0.400. The van der Waals surface area contributed by atoms with Gasteiger partial charge < -0.3 is 9.84 Å². The summed E-state index contributed by atoms with van der Waals surface area (Å²) in [6.07, 6.45) is 0.586. The van der Waals surface area contributed by atoms with Crippen molar-refractivity contribution >= 4 is 5.97 Å². The molecule has 0 aliphatic rings. The van der Waals surface area contributed by atoms with Gasteiger partial charge >= 0.3 is 5.97 Å². The fourth-order valence-corrected chi connectivity index (χ4v) is 0.307. The number of ether oxygens (including phenoxy) is 1. The average Bonchev–Trinajstić information content (AvgIpc) is 2.17. The third-order valence-corrected chi connectivity index (χ3v) is 1.03. The van der Waals surface area contributed by atoms with Crippen molar-refractivity contribution in [2.24, 2.45) is 0 Å². The van der Waals surface area contributed by atoms with Crippen molar-refractivity contribution in [3.63, 3.8) is 0 Å². The van der Waals surface area contributed by atoms with Crippen LogP contribution in [0, 0.1) is 11.3 Å². The van der Waals surface area contributed by atoms with Gasteiger partial charge in [0.05, 0.1) is 6.07 Å². The first-order valence-electron chi connectivity index (χ1n) is 4.04. The highest BCUT2D eigenvalue weighted by atomic mass is 16.6. The number of nitrogens with zero attached hydrogens (tertiary/aromatic N) is 1. The molecule has 14 heavy (non-hydrogen) atoms. The number of aliphatic hydroxyl groups is 1. The summed E-state index contributed by atoms with van der Waals surface area (Å²) in [5, 5.41) is 16.3. The SMILES string of the molecule is C=C(C)C(=O)OC(O)CC.C=CC#N. The second-order valence-electron chi connectivity index (χ2n) is 2.38. The first-order chi connectivity index (χ1) is 6.49. The summed E-state index contributed by atoms with van der Waals surface area (Å²) in [6, 6.07) is 1.69. The number of rotatable bonds is 3. The van der Waals surface area contributed by atoms with Gasteiger partial charge in [-0.3, -0.25) is 0 Å². The summed E-state index contributed by atoms with van der Waals surface area (Å²) in [4.78, 5) is 10.6. The molecule has 4 heteroatoms. The molecule has 1 N–H and O–H groups in total. The second-order valence-corrected chi connectivity index (χ2v) is 2.38. The van der Waals surface area contributed by atoms with E-state index in [-0.39, 0.29) is 0 Å². The molecule has 0 bridgehead atoms.